The minimum Gasteiger partial charge on any atom is -0.363 e. The lowest BCUT2D eigenvalue weighted by Crippen LogP contribution is -2.17. The molecule has 0 spiro atoms. The van der Waals surface area contributed by atoms with Gasteiger partial charge in [-0.25, -0.2) is 0 Å². The monoisotopic (exact) mass is 295 g/mol. The highest BCUT2D eigenvalue weighted by atomic mass is 14.9. The molecule has 0 saturated carbocycles. The second kappa shape index (κ2) is 8.43. The van der Waals surface area contributed by atoms with Crippen LogP contribution in [-0.2, 0) is 0 Å². The fourth-order valence-corrected chi connectivity index (χ4v) is 2.61. The van der Waals surface area contributed by atoms with Crippen LogP contribution in [0, 0.1) is 5.92 Å². The Morgan fingerprint density at radius 1 is 1.09 bits per heavy atom. The molecule has 0 saturated heterocycles. The van der Waals surface area contributed by atoms with Crippen molar-refractivity contribution >= 4 is 0 Å². The van der Waals surface area contributed by atoms with Gasteiger partial charge in [-0.3, -0.25) is 0 Å². The van der Waals surface area contributed by atoms with Crippen molar-refractivity contribution in [3.05, 3.63) is 83.8 Å². The third-order valence-corrected chi connectivity index (χ3v) is 3.97. The molecule has 0 amide bonds. The first-order valence-corrected chi connectivity index (χ1v) is 7.80. The summed E-state index contributed by atoms with van der Waals surface area (Å²) in [5.41, 5.74) is 7.49. The molecule has 1 rings (SSSR count). The van der Waals surface area contributed by atoms with E-state index in [-0.39, 0.29) is 0 Å². The molecule has 1 unspecified atom stereocenters. The van der Waals surface area contributed by atoms with Gasteiger partial charge in [-0.05, 0) is 57.3 Å². The summed E-state index contributed by atoms with van der Waals surface area (Å²) in [5.74, 6) is 0.435. The van der Waals surface area contributed by atoms with E-state index < -0.39 is 0 Å². The van der Waals surface area contributed by atoms with Gasteiger partial charge in [0, 0.05) is 17.3 Å². The molecule has 0 aromatic rings. The van der Waals surface area contributed by atoms with E-state index in [1.807, 2.05) is 12.2 Å². The summed E-state index contributed by atoms with van der Waals surface area (Å²) >= 11 is 0. The van der Waals surface area contributed by atoms with Gasteiger partial charge >= 0.3 is 0 Å². The zero-order chi connectivity index (χ0) is 16.7. The van der Waals surface area contributed by atoms with Crippen LogP contribution in [0.15, 0.2) is 83.8 Å². The van der Waals surface area contributed by atoms with E-state index in [9.17, 15) is 0 Å². The summed E-state index contributed by atoms with van der Waals surface area (Å²) in [4.78, 5) is 0. The van der Waals surface area contributed by atoms with Crippen molar-refractivity contribution in [2.24, 2.45) is 5.92 Å². The van der Waals surface area contributed by atoms with Crippen molar-refractivity contribution in [2.45, 2.75) is 40.5 Å². The average Bonchev–Trinajstić information content (AvgIpc) is 2.86. The summed E-state index contributed by atoms with van der Waals surface area (Å²) in [6.45, 7) is 20.3. The summed E-state index contributed by atoms with van der Waals surface area (Å²) in [6, 6.07) is 0. The van der Waals surface area contributed by atoms with E-state index in [0.29, 0.717) is 5.92 Å². The standard InChI is InChI=1S/C21H29N/c1-8-10-11-16(5)17(6)22-18(7)20-13-19(9-2)21(14-20)12-15(3)4/h8-12,20,22H,1-2,7,13-14H2,3-6H3/b11-10-,17-16+. The quantitative estimate of drug-likeness (QED) is 0.569. The largest absolute Gasteiger partial charge is 0.363 e. The zero-order valence-corrected chi connectivity index (χ0v) is 14.5. The molecule has 0 bridgehead atoms. The third kappa shape index (κ3) is 5.07. The topological polar surface area (TPSA) is 12.0 Å². The number of hydrogen-bond acceptors (Lipinski definition) is 1. The molecule has 0 aromatic carbocycles. The summed E-state index contributed by atoms with van der Waals surface area (Å²) in [6.07, 6.45) is 12.1. The first-order valence-electron chi connectivity index (χ1n) is 7.80. The van der Waals surface area contributed by atoms with Crippen LogP contribution >= 0.6 is 0 Å². The highest BCUT2D eigenvalue weighted by Crippen LogP contribution is 2.36. The highest BCUT2D eigenvalue weighted by Gasteiger charge is 2.23. The Balaban J connectivity index is 2.78. The molecule has 0 fully saturated rings. The second-order valence-corrected chi connectivity index (χ2v) is 6.13. The second-order valence-electron chi connectivity index (χ2n) is 6.13. The van der Waals surface area contributed by atoms with Crippen molar-refractivity contribution in [1.82, 2.24) is 5.32 Å². The van der Waals surface area contributed by atoms with E-state index >= 15 is 0 Å². The van der Waals surface area contributed by atoms with Gasteiger partial charge in [0.2, 0.25) is 0 Å². The van der Waals surface area contributed by atoms with E-state index in [1.165, 1.54) is 22.3 Å². The lowest BCUT2D eigenvalue weighted by molar-refractivity contribution is 0.615. The van der Waals surface area contributed by atoms with Crippen molar-refractivity contribution in [3.63, 3.8) is 0 Å². The highest BCUT2D eigenvalue weighted by molar-refractivity contribution is 5.40. The van der Waals surface area contributed by atoms with Gasteiger partial charge in [0.05, 0.1) is 0 Å². The first kappa shape index (κ1) is 18.0. The van der Waals surface area contributed by atoms with Crippen LogP contribution in [0.25, 0.3) is 0 Å². The molecule has 1 nitrogen and oxygen atoms in total. The summed E-state index contributed by atoms with van der Waals surface area (Å²) < 4.78 is 0. The summed E-state index contributed by atoms with van der Waals surface area (Å²) in [7, 11) is 0. The molecule has 1 aliphatic carbocycles. The van der Waals surface area contributed by atoms with Crippen LogP contribution in [0.2, 0.25) is 0 Å². The molecule has 0 aromatic heterocycles. The smallest absolute Gasteiger partial charge is 0.0146 e. The van der Waals surface area contributed by atoms with Crippen LogP contribution in [-0.4, -0.2) is 0 Å². The average molecular weight is 295 g/mol. The Kier molecular flexibility index (Phi) is 6.91. The molecule has 1 aliphatic rings. The van der Waals surface area contributed by atoms with Crippen molar-refractivity contribution in [1.29, 1.82) is 0 Å². The van der Waals surface area contributed by atoms with Crippen LogP contribution in [0.4, 0.5) is 0 Å². The molecule has 1 N–H and O–H groups in total. The lowest BCUT2D eigenvalue weighted by Gasteiger charge is -2.18. The van der Waals surface area contributed by atoms with Crippen LogP contribution in [0.3, 0.4) is 0 Å². The van der Waals surface area contributed by atoms with Gasteiger partial charge in [-0.15, -0.1) is 0 Å². The molecular weight excluding hydrogens is 266 g/mol. The van der Waals surface area contributed by atoms with Crippen molar-refractivity contribution < 1.29 is 0 Å². The number of hydrogen-bond donors (Lipinski definition) is 1. The molecular formula is C21H29N. The minimum absolute atomic E-state index is 0.435. The van der Waals surface area contributed by atoms with E-state index in [0.717, 1.165) is 24.2 Å². The van der Waals surface area contributed by atoms with Gasteiger partial charge in [0.15, 0.2) is 0 Å². The third-order valence-electron chi connectivity index (χ3n) is 3.97. The first-order chi connectivity index (χ1) is 10.4. The SMILES string of the molecule is C=C/C=C\C(C)=C(/C)NC(=C)C1CC(C=C)=C(C=C(C)C)C1. The van der Waals surface area contributed by atoms with Crippen molar-refractivity contribution in [2.75, 3.05) is 0 Å². The van der Waals surface area contributed by atoms with Crippen molar-refractivity contribution in [3.8, 4) is 0 Å². The molecule has 118 valence electrons. The molecule has 0 radical (unpaired) electrons. The molecule has 1 atom stereocenters. The molecule has 0 heterocycles. The predicted octanol–water partition coefficient (Wildman–Crippen LogP) is 5.98. The maximum absolute atomic E-state index is 4.25. The van der Waals surface area contributed by atoms with Gasteiger partial charge < -0.3 is 5.32 Å². The Morgan fingerprint density at radius 3 is 2.27 bits per heavy atom. The van der Waals surface area contributed by atoms with Crippen LogP contribution < -0.4 is 5.32 Å². The van der Waals surface area contributed by atoms with E-state index in [4.69, 9.17) is 0 Å². The van der Waals surface area contributed by atoms with E-state index in [2.05, 4.69) is 64.9 Å². The molecule has 22 heavy (non-hydrogen) atoms. The van der Waals surface area contributed by atoms with Crippen LogP contribution in [0.5, 0.6) is 0 Å². The number of allylic oxidation sites excluding steroid dienone is 11. The van der Waals surface area contributed by atoms with Gasteiger partial charge in [-0.2, -0.15) is 0 Å². The zero-order valence-electron chi connectivity index (χ0n) is 14.5. The number of rotatable bonds is 7. The Hall–Kier alpha value is -2.02. The Bertz CT molecular complexity index is 575. The Labute approximate surface area is 136 Å². The lowest BCUT2D eigenvalue weighted by atomic mass is 10.0. The minimum atomic E-state index is 0.435. The maximum Gasteiger partial charge on any atom is 0.0146 e. The molecule has 1 heteroatoms. The van der Waals surface area contributed by atoms with Crippen LogP contribution in [0.1, 0.15) is 40.5 Å². The fraction of sp³-hybridized carbons (Fsp3) is 0.333. The Morgan fingerprint density at radius 2 is 1.73 bits per heavy atom. The predicted molar refractivity (Wildman–Crippen MR) is 99.4 cm³/mol. The number of nitrogens with one attached hydrogen (secondary N) is 1. The van der Waals surface area contributed by atoms with Gasteiger partial charge in [-0.1, -0.05) is 55.7 Å². The fourth-order valence-electron chi connectivity index (χ4n) is 2.61. The normalized spacial score (nSPS) is 19.0. The summed E-state index contributed by atoms with van der Waals surface area (Å²) in [5, 5.41) is 3.47. The van der Waals surface area contributed by atoms with Gasteiger partial charge in [0.1, 0.15) is 0 Å². The van der Waals surface area contributed by atoms with Gasteiger partial charge in [0.25, 0.3) is 0 Å². The maximum atomic E-state index is 4.25. The van der Waals surface area contributed by atoms with E-state index in [1.54, 1.807) is 6.08 Å². The molecule has 0 aliphatic heterocycles.